The van der Waals surface area contributed by atoms with Gasteiger partial charge in [-0.05, 0) is 41.6 Å². The highest BCUT2D eigenvalue weighted by atomic mass is 127. The van der Waals surface area contributed by atoms with Gasteiger partial charge in [0.15, 0.2) is 5.78 Å². The molecule has 0 aromatic heterocycles. The number of halogens is 3. The molecule has 0 aliphatic rings. The molecule has 0 spiro atoms. The highest BCUT2D eigenvalue weighted by Gasteiger charge is 2.19. The second kappa shape index (κ2) is 4.20. The fourth-order valence-electron chi connectivity index (χ4n) is 1.17. The van der Waals surface area contributed by atoms with Crippen molar-refractivity contribution in [2.24, 2.45) is 0 Å². The maximum absolute atomic E-state index is 12.5. The Morgan fingerprint density at radius 3 is 2.50 bits per heavy atom. The summed E-state index contributed by atoms with van der Waals surface area (Å²) in [6.07, 6.45) is -2.72. The fourth-order valence-corrected chi connectivity index (χ4v) is 1.82. The van der Waals surface area contributed by atoms with Crippen molar-refractivity contribution >= 4 is 34.1 Å². The first-order valence-corrected chi connectivity index (χ1v) is 4.89. The van der Waals surface area contributed by atoms with E-state index < -0.39 is 12.2 Å². The standard InChI is InChI=1S/C9H8F2INO/c1-4(14)6-2-5(12)3-7(13)8(6)9(10)11/h2-3,9H,13H2,1H3. The van der Waals surface area contributed by atoms with E-state index in [-0.39, 0.29) is 16.8 Å². The first-order valence-electron chi connectivity index (χ1n) is 3.81. The Hall–Kier alpha value is -0.720. The molecule has 0 aliphatic carbocycles. The smallest absolute Gasteiger partial charge is 0.266 e. The van der Waals surface area contributed by atoms with Crippen LogP contribution in [0.1, 0.15) is 29.3 Å². The summed E-state index contributed by atoms with van der Waals surface area (Å²) in [7, 11) is 0. The number of benzene rings is 1. The predicted octanol–water partition coefficient (Wildman–Crippen LogP) is 3.01. The zero-order valence-electron chi connectivity index (χ0n) is 7.35. The van der Waals surface area contributed by atoms with Crippen LogP contribution in [0.25, 0.3) is 0 Å². The van der Waals surface area contributed by atoms with Gasteiger partial charge in [0.2, 0.25) is 0 Å². The molecule has 1 rings (SSSR count). The Morgan fingerprint density at radius 2 is 2.07 bits per heavy atom. The van der Waals surface area contributed by atoms with Crippen LogP contribution in [-0.4, -0.2) is 5.78 Å². The summed E-state index contributed by atoms with van der Waals surface area (Å²) in [5.74, 6) is -0.398. The zero-order chi connectivity index (χ0) is 10.9. The molecule has 0 atom stereocenters. The van der Waals surface area contributed by atoms with Gasteiger partial charge >= 0.3 is 0 Å². The number of alkyl halides is 2. The molecule has 2 nitrogen and oxygen atoms in total. The van der Waals surface area contributed by atoms with Gasteiger partial charge in [-0.2, -0.15) is 0 Å². The molecule has 14 heavy (non-hydrogen) atoms. The molecule has 0 amide bonds. The Balaban J connectivity index is 3.44. The Labute approximate surface area is 93.6 Å². The number of nitrogens with two attached hydrogens (primary N) is 1. The molecule has 5 heteroatoms. The van der Waals surface area contributed by atoms with Crippen molar-refractivity contribution in [2.45, 2.75) is 13.3 Å². The third-order valence-corrected chi connectivity index (χ3v) is 2.40. The van der Waals surface area contributed by atoms with E-state index in [0.717, 1.165) is 0 Å². The van der Waals surface area contributed by atoms with E-state index in [1.165, 1.54) is 19.1 Å². The number of Topliss-reactive ketones (excluding diaryl/α,β-unsaturated/α-hetero) is 1. The van der Waals surface area contributed by atoms with Gasteiger partial charge in [-0.1, -0.05) is 0 Å². The maximum Gasteiger partial charge on any atom is 0.266 e. The van der Waals surface area contributed by atoms with Crippen molar-refractivity contribution in [1.82, 2.24) is 0 Å². The van der Waals surface area contributed by atoms with E-state index in [1.54, 1.807) is 0 Å². The van der Waals surface area contributed by atoms with E-state index in [1.807, 2.05) is 22.6 Å². The summed E-state index contributed by atoms with van der Waals surface area (Å²) in [5.41, 5.74) is 5.03. The van der Waals surface area contributed by atoms with Crippen LogP contribution in [0.4, 0.5) is 14.5 Å². The molecule has 1 aromatic carbocycles. The van der Waals surface area contributed by atoms with Crippen LogP contribution >= 0.6 is 22.6 Å². The molecule has 0 unspecified atom stereocenters. The summed E-state index contributed by atoms with van der Waals surface area (Å²) in [4.78, 5) is 11.1. The minimum Gasteiger partial charge on any atom is -0.398 e. The molecular weight excluding hydrogens is 303 g/mol. The molecule has 0 radical (unpaired) electrons. The van der Waals surface area contributed by atoms with Crippen LogP contribution in [0, 0.1) is 3.57 Å². The number of nitrogen functional groups attached to an aromatic ring is 1. The van der Waals surface area contributed by atoms with Gasteiger partial charge < -0.3 is 5.73 Å². The Bertz CT molecular complexity index is 379. The van der Waals surface area contributed by atoms with E-state index in [0.29, 0.717) is 3.57 Å². The number of rotatable bonds is 2. The molecule has 0 saturated heterocycles. The zero-order valence-corrected chi connectivity index (χ0v) is 9.51. The van der Waals surface area contributed by atoms with Gasteiger partial charge in [0, 0.05) is 14.8 Å². The second-order valence-corrected chi connectivity index (χ2v) is 4.06. The monoisotopic (exact) mass is 311 g/mol. The summed E-state index contributed by atoms with van der Waals surface area (Å²) in [6.45, 7) is 1.25. The molecule has 0 heterocycles. The highest BCUT2D eigenvalue weighted by molar-refractivity contribution is 14.1. The van der Waals surface area contributed by atoms with Crippen LogP contribution < -0.4 is 5.73 Å². The lowest BCUT2D eigenvalue weighted by atomic mass is 10.0. The van der Waals surface area contributed by atoms with E-state index >= 15 is 0 Å². The van der Waals surface area contributed by atoms with Gasteiger partial charge in [0.05, 0.1) is 5.56 Å². The molecule has 2 N–H and O–H groups in total. The molecule has 0 fully saturated rings. The maximum atomic E-state index is 12.5. The Morgan fingerprint density at radius 1 is 1.50 bits per heavy atom. The minimum atomic E-state index is -2.72. The van der Waals surface area contributed by atoms with Crippen LogP contribution in [0.2, 0.25) is 0 Å². The lowest BCUT2D eigenvalue weighted by Crippen LogP contribution is -2.05. The first-order chi connectivity index (χ1) is 6.43. The molecule has 0 aliphatic heterocycles. The third-order valence-electron chi connectivity index (χ3n) is 1.77. The largest absolute Gasteiger partial charge is 0.398 e. The predicted molar refractivity (Wildman–Crippen MR) is 58.5 cm³/mol. The molecule has 0 saturated carbocycles. The molecule has 0 bridgehead atoms. The number of hydrogen-bond acceptors (Lipinski definition) is 2. The van der Waals surface area contributed by atoms with Crippen LogP contribution in [0.15, 0.2) is 12.1 Å². The number of carbonyl (C=O) groups excluding carboxylic acids is 1. The van der Waals surface area contributed by atoms with Crippen molar-refractivity contribution in [3.05, 3.63) is 26.8 Å². The van der Waals surface area contributed by atoms with Crippen molar-refractivity contribution in [3.8, 4) is 0 Å². The van der Waals surface area contributed by atoms with Gasteiger partial charge in [0.25, 0.3) is 6.43 Å². The minimum absolute atomic E-state index is 0.00407. The lowest BCUT2D eigenvalue weighted by Gasteiger charge is -2.09. The molecular formula is C9H8F2INO. The topological polar surface area (TPSA) is 43.1 Å². The summed E-state index contributed by atoms with van der Waals surface area (Å²) in [6, 6.07) is 2.84. The van der Waals surface area contributed by atoms with Crippen LogP contribution in [0.3, 0.4) is 0 Å². The van der Waals surface area contributed by atoms with E-state index in [9.17, 15) is 13.6 Å². The lowest BCUT2D eigenvalue weighted by molar-refractivity contribution is 0.0999. The number of hydrogen-bond donors (Lipinski definition) is 1. The quantitative estimate of drug-likeness (QED) is 0.518. The SMILES string of the molecule is CC(=O)c1cc(I)cc(N)c1C(F)F. The van der Waals surface area contributed by atoms with Gasteiger partial charge in [-0.3, -0.25) is 4.79 Å². The van der Waals surface area contributed by atoms with Gasteiger partial charge in [0.1, 0.15) is 0 Å². The third kappa shape index (κ3) is 2.20. The van der Waals surface area contributed by atoms with Gasteiger partial charge in [-0.25, -0.2) is 8.78 Å². The van der Waals surface area contributed by atoms with Crippen molar-refractivity contribution in [1.29, 1.82) is 0 Å². The molecule has 76 valence electrons. The average molecular weight is 311 g/mol. The van der Waals surface area contributed by atoms with Crippen molar-refractivity contribution < 1.29 is 13.6 Å². The second-order valence-electron chi connectivity index (χ2n) is 2.81. The summed E-state index contributed by atoms with van der Waals surface area (Å²) < 4.78 is 25.8. The first kappa shape index (κ1) is 11.4. The molecule has 1 aromatic rings. The normalized spacial score (nSPS) is 10.6. The number of ketones is 1. The number of anilines is 1. The van der Waals surface area contributed by atoms with Crippen molar-refractivity contribution in [2.75, 3.05) is 5.73 Å². The summed E-state index contributed by atoms with van der Waals surface area (Å²) in [5, 5.41) is 0. The van der Waals surface area contributed by atoms with Crippen LogP contribution in [-0.2, 0) is 0 Å². The number of carbonyl (C=O) groups is 1. The van der Waals surface area contributed by atoms with Gasteiger partial charge in [-0.15, -0.1) is 0 Å². The summed E-state index contributed by atoms with van der Waals surface area (Å²) >= 11 is 1.93. The highest BCUT2D eigenvalue weighted by Crippen LogP contribution is 2.30. The van der Waals surface area contributed by atoms with Crippen LogP contribution in [0.5, 0.6) is 0 Å². The van der Waals surface area contributed by atoms with E-state index in [4.69, 9.17) is 5.73 Å². The van der Waals surface area contributed by atoms with E-state index in [2.05, 4.69) is 0 Å². The Kier molecular flexibility index (Phi) is 3.41. The van der Waals surface area contributed by atoms with Crippen molar-refractivity contribution in [3.63, 3.8) is 0 Å². The average Bonchev–Trinajstić information content (AvgIpc) is 2.01. The fraction of sp³-hybridized carbons (Fsp3) is 0.222.